The fourth-order valence-corrected chi connectivity index (χ4v) is 3.39. The number of para-hydroxylation sites is 1. The van der Waals surface area contributed by atoms with Gasteiger partial charge in [0.2, 0.25) is 0 Å². The maximum absolute atomic E-state index is 10.5. The second-order valence-corrected chi connectivity index (χ2v) is 6.84. The summed E-state index contributed by atoms with van der Waals surface area (Å²) in [6.07, 6.45) is 6.54. The average Bonchev–Trinajstić information content (AvgIpc) is 3.18. The molecule has 0 amide bonds. The zero-order valence-electron chi connectivity index (χ0n) is 15.0. The van der Waals surface area contributed by atoms with Crippen molar-refractivity contribution < 1.29 is 10.2 Å². The predicted octanol–water partition coefficient (Wildman–Crippen LogP) is 4.78. The van der Waals surface area contributed by atoms with Crippen LogP contribution in [0, 0.1) is 0 Å². The van der Waals surface area contributed by atoms with Gasteiger partial charge in [-0.05, 0) is 60.4 Å². The summed E-state index contributed by atoms with van der Waals surface area (Å²) >= 11 is 6.32. The standard InChI is InChI=1S/C22H18ClN3O2/c23-18-3-1-2-4-20(18)26-19(9-12-25-26)17-13-16(21(27)14-22(17)28)6-5-15-7-10-24-11-8-15/h1-4,7-14,27-28H,5-6H2. The van der Waals surface area contributed by atoms with E-state index in [9.17, 15) is 10.2 Å². The maximum Gasteiger partial charge on any atom is 0.128 e. The average molecular weight is 392 g/mol. The van der Waals surface area contributed by atoms with Crippen LogP contribution in [0.2, 0.25) is 5.02 Å². The normalized spacial score (nSPS) is 10.9. The molecule has 28 heavy (non-hydrogen) atoms. The first-order valence-corrected chi connectivity index (χ1v) is 9.24. The molecule has 0 atom stereocenters. The molecule has 0 spiro atoms. The number of hydrogen-bond acceptors (Lipinski definition) is 4. The minimum atomic E-state index is -0.0148. The van der Waals surface area contributed by atoms with Gasteiger partial charge in [0, 0.05) is 24.0 Å². The van der Waals surface area contributed by atoms with E-state index in [4.69, 9.17) is 11.6 Å². The number of phenols is 2. The molecule has 0 aliphatic carbocycles. The summed E-state index contributed by atoms with van der Waals surface area (Å²) in [7, 11) is 0. The molecule has 2 heterocycles. The Balaban J connectivity index is 1.71. The molecular formula is C22H18ClN3O2. The summed E-state index contributed by atoms with van der Waals surface area (Å²) in [6.45, 7) is 0. The van der Waals surface area contributed by atoms with Gasteiger partial charge in [-0.15, -0.1) is 0 Å². The lowest BCUT2D eigenvalue weighted by Crippen LogP contribution is -2.00. The third kappa shape index (κ3) is 3.57. The number of aromatic hydroxyl groups is 2. The maximum atomic E-state index is 10.5. The van der Waals surface area contributed by atoms with Crippen LogP contribution >= 0.6 is 11.6 Å². The van der Waals surface area contributed by atoms with E-state index < -0.39 is 0 Å². The highest BCUT2D eigenvalue weighted by Gasteiger charge is 2.16. The molecule has 0 aliphatic rings. The predicted molar refractivity (Wildman–Crippen MR) is 109 cm³/mol. The van der Waals surface area contributed by atoms with Crippen molar-refractivity contribution in [2.75, 3.05) is 0 Å². The van der Waals surface area contributed by atoms with Crippen LogP contribution in [0.4, 0.5) is 0 Å². The van der Waals surface area contributed by atoms with Gasteiger partial charge < -0.3 is 10.2 Å². The van der Waals surface area contributed by atoms with Crippen LogP contribution in [0.15, 0.2) is 73.2 Å². The lowest BCUT2D eigenvalue weighted by molar-refractivity contribution is 0.447. The Labute approximate surface area is 167 Å². The van der Waals surface area contributed by atoms with Crippen molar-refractivity contribution in [3.63, 3.8) is 0 Å². The Kier molecular flexibility index (Phi) is 5.00. The molecule has 0 aliphatic heterocycles. The van der Waals surface area contributed by atoms with Gasteiger partial charge in [0.1, 0.15) is 11.5 Å². The number of aromatic nitrogens is 3. The van der Waals surface area contributed by atoms with Crippen molar-refractivity contribution in [1.82, 2.24) is 14.8 Å². The van der Waals surface area contributed by atoms with Gasteiger partial charge in [0.15, 0.2) is 0 Å². The monoisotopic (exact) mass is 391 g/mol. The third-order valence-electron chi connectivity index (χ3n) is 4.63. The number of hydrogen-bond donors (Lipinski definition) is 2. The molecule has 2 aromatic heterocycles. The van der Waals surface area contributed by atoms with Crippen LogP contribution < -0.4 is 0 Å². The van der Waals surface area contributed by atoms with E-state index >= 15 is 0 Å². The fraction of sp³-hybridized carbons (Fsp3) is 0.0909. The fourth-order valence-electron chi connectivity index (χ4n) is 3.18. The zero-order chi connectivity index (χ0) is 19.5. The summed E-state index contributed by atoms with van der Waals surface area (Å²) in [5.74, 6) is 0.0538. The van der Waals surface area contributed by atoms with Gasteiger partial charge in [-0.2, -0.15) is 5.10 Å². The van der Waals surface area contributed by atoms with Gasteiger partial charge in [-0.3, -0.25) is 4.98 Å². The highest BCUT2D eigenvalue weighted by atomic mass is 35.5. The molecule has 0 unspecified atom stereocenters. The minimum absolute atomic E-state index is 0.0148. The van der Waals surface area contributed by atoms with E-state index in [0.29, 0.717) is 22.7 Å². The Hall–Kier alpha value is -3.31. The van der Waals surface area contributed by atoms with Crippen molar-refractivity contribution in [1.29, 1.82) is 0 Å². The topological polar surface area (TPSA) is 71.2 Å². The second-order valence-electron chi connectivity index (χ2n) is 6.43. The van der Waals surface area contributed by atoms with Crippen LogP contribution in [0.1, 0.15) is 11.1 Å². The van der Waals surface area contributed by atoms with E-state index in [1.807, 2.05) is 36.4 Å². The number of nitrogens with zero attached hydrogens (tertiary/aromatic N) is 3. The molecular weight excluding hydrogens is 374 g/mol. The van der Waals surface area contributed by atoms with Gasteiger partial charge in [0.25, 0.3) is 0 Å². The Morgan fingerprint density at radius 2 is 1.64 bits per heavy atom. The Morgan fingerprint density at radius 1 is 0.857 bits per heavy atom. The quantitative estimate of drug-likeness (QED) is 0.513. The van der Waals surface area contributed by atoms with Crippen LogP contribution in [-0.4, -0.2) is 25.0 Å². The molecule has 0 saturated carbocycles. The van der Waals surface area contributed by atoms with Gasteiger partial charge >= 0.3 is 0 Å². The third-order valence-corrected chi connectivity index (χ3v) is 4.95. The molecule has 5 nitrogen and oxygen atoms in total. The van der Waals surface area contributed by atoms with Gasteiger partial charge in [-0.1, -0.05) is 23.7 Å². The number of halogens is 1. The van der Waals surface area contributed by atoms with E-state index in [-0.39, 0.29) is 11.5 Å². The largest absolute Gasteiger partial charge is 0.508 e. The Morgan fingerprint density at radius 3 is 2.43 bits per heavy atom. The molecule has 2 N–H and O–H groups in total. The molecule has 4 aromatic rings. The molecule has 6 heteroatoms. The summed E-state index contributed by atoms with van der Waals surface area (Å²) in [5.41, 5.74) is 3.87. The number of pyridine rings is 1. The van der Waals surface area contributed by atoms with Crippen molar-refractivity contribution in [2.45, 2.75) is 12.8 Å². The van der Waals surface area contributed by atoms with E-state index in [1.165, 1.54) is 6.07 Å². The summed E-state index contributed by atoms with van der Waals surface area (Å²) in [6, 6.07) is 16.3. The van der Waals surface area contributed by atoms with Crippen molar-refractivity contribution in [3.8, 4) is 28.4 Å². The first-order valence-electron chi connectivity index (χ1n) is 8.86. The van der Waals surface area contributed by atoms with Crippen molar-refractivity contribution >= 4 is 11.6 Å². The molecule has 2 aromatic carbocycles. The number of phenolic OH excluding ortho intramolecular Hbond substituents is 2. The van der Waals surface area contributed by atoms with Crippen LogP contribution in [-0.2, 0) is 12.8 Å². The first-order chi connectivity index (χ1) is 13.6. The molecule has 0 fully saturated rings. The number of rotatable bonds is 5. The summed E-state index contributed by atoms with van der Waals surface area (Å²) in [4.78, 5) is 4.02. The van der Waals surface area contributed by atoms with Crippen LogP contribution in [0.25, 0.3) is 16.9 Å². The van der Waals surface area contributed by atoms with E-state index in [2.05, 4.69) is 10.1 Å². The molecule has 140 valence electrons. The van der Waals surface area contributed by atoms with E-state index in [0.717, 1.165) is 23.2 Å². The molecule has 0 saturated heterocycles. The first kappa shape index (κ1) is 18.1. The lowest BCUT2D eigenvalue weighted by Gasteiger charge is -2.13. The Bertz CT molecular complexity index is 1110. The van der Waals surface area contributed by atoms with Crippen molar-refractivity contribution in [2.24, 2.45) is 0 Å². The zero-order valence-corrected chi connectivity index (χ0v) is 15.7. The minimum Gasteiger partial charge on any atom is -0.508 e. The smallest absolute Gasteiger partial charge is 0.128 e. The van der Waals surface area contributed by atoms with E-state index in [1.54, 1.807) is 35.4 Å². The molecule has 4 rings (SSSR count). The lowest BCUT2D eigenvalue weighted by atomic mass is 10.00. The molecule has 0 radical (unpaired) electrons. The number of benzene rings is 2. The van der Waals surface area contributed by atoms with Gasteiger partial charge in [0.05, 0.1) is 22.6 Å². The van der Waals surface area contributed by atoms with Crippen LogP contribution in [0.3, 0.4) is 0 Å². The van der Waals surface area contributed by atoms with Gasteiger partial charge in [-0.25, -0.2) is 4.68 Å². The number of aryl methyl sites for hydroxylation is 2. The van der Waals surface area contributed by atoms with Crippen molar-refractivity contribution in [3.05, 3.63) is 89.3 Å². The van der Waals surface area contributed by atoms with Crippen LogP contribution in [0.5, 0.6) is 11.5 Å². The summed E-state index contributed by atoms with van der Waals surface area (Å²) < 4.78 is 1.68. The highest BCUT2D eigenvalue weighted by molar-refractivity contribution is 6.32. The highest BCUT2D eigenvalue weighted by Crippen LogP contribution is 2.37. The summed E-state index contributed by atoms with van der Waals surface area (Å²) in [5, 5.41) is 25.7. The second kappa shape index (κ2) is 7.74. The molecule has 0 bridgehead atoms. The SMILES string of the molecule is Oc1cc(O)c(-c2ccnn2-c2ccccc2Cl)cc1CCc1ccncc1.